The Labute approximate surface area is 117 Å². The van der Waals surface area contributed by atoms with Crippen molar-refractivity contribution in [2.45, 2.75) is 20.1 Å². The Morgan fingerprint density at radius 3 is 2.74 bits per heavy atom. The van der Waals surface area contributed by atoms with Crippen molar-refractivity contribution in [1.82, 2.24) is 9.78 Å². The minimum atomic E-state index is -0.273. The lowest BCUT2D eigenvalue weighted by Crippen LogP contribution is -2.08. The summed E-state index contributed by atoms with van der Waals surface area (Å²) in [5, 5.41) is 4.75. The summed E-state index contributed by atoms with van der Waals surface area (Å²) in [4.78, 5) is 3.96. The number of hydrogen-bond acceptors (Lipinski definition) is 4. The van der Waals surface area contributed by atoms with Gasteiger partial charge in [0.05, 0.1) is 30.1 Å². The molecule has 0 N–H and O–H groups in total. The number of allylic oxidation sites excluding steroid dienone is 2. The van der Waals surface area contributed by atoms with Gasteiger partial charge in [0.2, 0.25) is 0 Å². The molecule has 0 saturated carbocycles. The first kappa shape index (κ1) is 14.0. The van der Waals surface area contributed by atoms with Crippen molar-refractivity contribution in [3.63, 3.8) is 0 Å². The molecule has 102 valence electrons. The predicted octanol–water partition coefficient (Wildman–Crippen LogP) is 2.66. The van der Waals surface area contributed by atoms with Crippen LogP contribution in [0.4, 0.5) is 0 Å². The van der Waals surface area contributed by atoms with Crippen LogP contribution in [0, 0.1) is 6.92 Å². The second kappa shape index (κ2) is 6.14. The van der Waals surface area contributed by atoms with E-state index in [1.807, 2.05) is 26.0 Å². The first-order valence-electron chi connectivity index (χ1n) is 5.92. The molecule has 1 saturated heterocycles. The van der Waals surface area contributed by atoms with Gasteiger partial charge in [0.1, 0.15) is 0 Å². The number of nitrogens with zero attached hydrogens (tertiary/aromatic N) is 3. The monoisotopic (exact) mass is 281 g/mol. The number of halogens is 1. The molecule has 19 heavy (non-hydrogen) atoms. The van der Waals surface area contributed by atoms with Crippen LogP contribution in [0.1, 0.15) is 12.6 Å². The topological polar surface area (TPSA) is 48.6 Å². The van der Waals surface area contributed by atoms with E-state index in [1.165, 1.54) is 0 Å². The molecule has 1 aliphatic heterocycles. The van der Waals surface area contributed by atoms with Gasteiger partial charge in [0.25, 0.3) is 0 Å². The van der Waals surface area contributed by atoms with E-state index in [9.17, 15) is 0 Å². The van der Waals surface area contributed by atoms with Gasteiger partial charge in [-0.15, -0.1) is 0 Å². The second-order valence-electron chi connectivity index (χ2n) is 4.16. The van der Waals surface area contributed by atoms with Crippen LogP contribution in [0.5, 0.6) is 0 Å². The third kappa shape index (κ3) is 3.12. The number of aromatic nitrogens is 2. The molecule has 0 unspecified atom stereocenters. The summed E-state index contributed by atoms with van der Waals surface area (Å²) in [6, 6.07) is 0. The molecule has 0 radical (unpaired) electrons. The Morgan fingerprint density at radius 1 is 1.53 bits per heavy atom. The maximum Gasteiger partial charge on any atom is 0.180 e. The summed E-state index contributed by atoms with van der Waals surface area (Å²) in [5.41, 5.74) is 1.79. The molecule has 1 fully saturated rings. The summed E-state index contributed by atoms with van der Waals surface area (Å²) in [5.74, 6) is 0.599. The molecule has 5 nitrogen and oxygen atoms in total. The molecule has 6 heteroatoms. The van der Waals surface area contributed by atoms with Crippen molar-refractivity contribution >= 4 is 24.1 Å². The van der Waals surface area contributed by atoms with Crippen LogP contribution in [0.15, 0.2) is 28.9 Å². The van der Waals surface area contributed by atoms with Crippen LogP contribution in [0.2, 0.25) is 5.02 Å². The van der Waals surface area contributed by atoms with Gasteiger partial charge in [0, 0.05) is 0 Å². The SMILES string of the molecule is C=N/C(=C\C=C(/C)C1OCCO1)n1ncc(Cl)c1C. The zero-order chi connectivity index (χ0) is 13.8. The number of hydrogen-bond donors (Lipinski definition) is 0. The van der Waals surface area contributed by atoms with E-state index in [1.54, 1.807) is 10.9 Å². The van der Waals surface area contributed by atoms with Crippen molar-refractivity contribution in [3.8, 4) is 0 Å². The average molecular weight is 282 g/mol. The van der Waals surface area contributed by atoms with Crippen LogP contribution >= 0.6 is 11.6 Å². The van der Waals surface area contributed by atoms with Gasteiger partial charge >= 0.3 is 0 Å². The third-order valence-electron chi connectivity index (χ3n) is 2.82. The van der Waals surface area contributed by atoms with Gasteiger partial charge in [-0.1, -0.05) is 17.7 Å². The van der Waals surface area contributed by atoms with Gasteiger partial charge in [-0.3, -0.25) is 0 Å². The van der Waals surface area contributed by atoms with E-state index in [-0.39, 0.29) is 6.29 Å². The lowest BCUT2D eigenvalue weighted by atomic mass is 10.2. The van der Waals surface area contributed by atoms with Crippen LogP contribution in [-0.2, 0) is 9.47 Å². The van der Waals surface area contributed by atoms with Crippen LogP contribution < -0.4 is 0 Å². The van der Waals surface area contributed by atoms with Gasteiger partial charge in [-0.05, 0) is 32.2 Å². The highest BCUT2D eigenvalue weighted by atomic mass is 35.5. The third-order valence-corrected chi connectivity index (χ3v) is 3.19. The van der Waals surface area contributed by atoms with Crippen molar-refractivity contribution < 1.29 is 9.47 Å². The number of aliphatic imine (C=N–C) groups is 1. The first-order valence-corrected chi connectivity index (χ1v) is 6.30. The van der Waals surface area contributed by atoms with E-state index in [2.05, 4.69) is 16.8 Å². The Bertz CT molecular complexity index is 528. The largest absolute Gasteiger partial charge is 0.346 e. The second-order valence-corrected chi connectivity index (χ2v) is 4.56. The zero-order valence-corrected chi connectivity index (χ0v) is 11.7. The highest BCUT2D eigenvalue weighted by Gasteiger charge is 2.17. The van der Waals surface area contributed by atoms with Crippen molar-refractivity contribution in [2.24, 2.45) is 4.99 Å². The lowest BCUT2D eigenvalue weighted by Gasteiger charge is -2.08. The molecule has 2 heterocycles. The molecule has 1 aliphatic rings. The maximum atomic E-state index is 5.97. The van der Waals surface area contributed by atoms with Gasteiger partial charge < -0.3 is 9.47 Å². The highest BCUT2D eigenvalue weighted by Crippen LogP contribution is 2.19. The molecule has 0 spiro atoms. The summed E-state index contributed by atoms with van der Waals surface area (Å²) >= 11 is 5.97. The predicted molar refractivity (Wildman–Crippen MR) is 75.2 cm³/mol. The minimum absolute atomic E-state index is 0.273. The van der Waals surface area contributed by atoms with E-state index in [4.69, 9.17) is 21.1 Å². The first-order chi connectivity index (χ1) is 9.13. The number of rotatable bonds is 4. The summed E-state index contributed by atoms with van der Waals surface area (Å²) in [7, 11) is 0. The van der Waals surface area contributed by atoms with Gasteiger partial charge in [-0.2, -0.15) is 5.10 Å². The summed E-state index contributed by atoms with van der Waals surface area (Å²) in [6.07, 6.45) is 5.00. The Morgan fingerprint density at radius 2 is 2.21 bits per heavy atom. The number of ether oxygens (including phenoxy) is 2. The van der Waals surface area contributed by atoms with E-state index in [0.717, 1.165) is 11.3 Å². The normalized spacial score (nSPS) is 18.1. The Hall–Kier alpha value is -1.43. The van der Waals surface area contributed by atoms with Crippen molar-refractivity contribution in [1.29, 1.82) is 0 Å². The smallest absolute Gasteiger partial charge is 0.180 e. The Kier molecular flexibility index (Phi) is 4.52. The van der Waals surface area contributed by atoms with Crippen molar-refractivity contribution in [2.75, 3.05) is 13.2 Å². The van der Waals surface area contributed by atoms with E-state index >= 15 is 0 Å². The quantitative estimate of drug-likeness (QED) is 0.630. The van der Waals surface area contributed by atoms with Crippen LogP contribution in [0.3, 0.4) is 0 Å². The van der Waals surface area contributed by atoms with E-state index < -0.39 is 0 Å². The van der Waals surface area contributed by atoms with Gasteiger partial charge in [0.15, 0.2) is 12.1 Å². The molecule has 0 atom stereocenters. The fourth-order valence-corrected chi connectivity index (χ4v) is 1.84. The molecular formula is C13H16ClN3O2. The molecule has 1 aromatic rings. The maximum absolute atomic E-state index is 5.97. The molecule has 1 aromatic heterocycles. The molecule has 0 aromatic carbocycles. The molecule has 2 rings (SSSR count). The Balaban J connectivity index is 2.21. The standard InChI is InChI=1S/C13H16ClN3O2/c1-9(13-18-6-7-19-13)4-5-12(15-3)17-10(2)11(14)8-16-17/h4-5,8,13H,3,6-7H2,1-2H3/b9-4+,12-5+. The van der Waals surface area contributed by atoms with Crippen LogP contribution in [-0.4, -0.2) is 36.0 Å². The lowest BCUT2D eigenvalue weighted by molar-refractivity contribution is -0.0109. The summed E-state index contributed by atoms with van der Waals surface area (Å²) < 4.78 is 12.4. The fourth-order valence-electron chi connectivity index (χ4n) is 1.72. The molecule has 0 amide bonds. The molecular weight excluding hydrogens is 266 g/mol. The fraction of sp³-hybridized carbons (Fsp3) is 0.385. The van der Waals surface area contributed by atoms with Crippen LogP contribution in [0.25, 0.3) is 5.82 Å². The summed E-state index contributed by atoms with van der Waals surface area (Å²) in [6.45, 7) is 8.61. The van der Waals surface area contributed by atoms with Gasteiger partial charge in [-0.25, -0.2) is 9.67 Å². The molecule has 0 aliphatic carbocycles. The minimum Gasteiger partial charge on any atom is -0.346 e. The molecule has 0 bridgehead atoms. The highest BCUT2D eigenvalue weighted by molar-refractivity contribution is 6.31. The van der Waals surface area contributed by atoms with Crippen molar-refractivity contribution in [3.05, 3.63) is 34.6 Å². The van der Waals surface area contributed by atoms with E-state index in [0.29, 0.717) is 24.1 Å². The average Bonchev–Trinajstić information content (AvgIpc) is 3.04. The zero-order valence-electron chi connectivity index (χ0n) is 11.0.